The fourth-order valence-electron chi connectivity index (χ4n) is 3.59. The molecule has 2 N–H and O–H groups in total. The normalized spacial score (nSPS) is 15.7. The lowest BCUT2D eigenvalue weighted by atomic mass is 10.0. The van der Waals surface area contributed by atoms with E-state index in [1.165, 1.54) is 7.11 Å². The maximum Gasteiger partial charge on any atom is 0.257 e. The van der Waals surface area contributed by atoms with Gasteiger partial charge in [-0.25, -0.2) is 0 Å². The van der Waals surface area contributed by atoms with E-state index in [1.54, 1.807) is 11.0 Å². The molecule has 0 radical (unpaired) electrons. The number of para-hydroxylation sites is 2. The van der Waals surface area contributed by atoms with Gasteiger partial charge in [-0.15, -0.1) is 0 Å². The molecule has 0 bridgehead atoms. The first-order chi connectivity index (χ1) is 13.7. The molecule has 1 heterocycles. The molecule has 0 fully saturated rings. The molecule has 3 aromatic rings. The standard InChI is InChI=1S/C23H22N2O3/c1-28-20-13-7-11-18(21(20)26)22-24-19-12-6-5-10-17(19)23(27)25(22)15-14-16-8-3-2-4-9-16/h2-13,22,24,26H,14-15H2,1H3/t22-/m0/s1. The van der Waals surface area contributed by atoms with Gasteiger partial charge in [0, 0.05) is 17.8 Å². The van der Waals surface area contributed by atoms with Crippen LogP contribution in [0.4, 0.5) is 5.69 Å². The average molecular weight is 374 g/mol. The summed E-state index contributed by atoms with van der Waals surface area (Å²) in [7, 11) is 1.51. The van der Waals surface area contributed by atoms with E-state index in [0.29, 0.717) is 23.4 Å². The number of benzene rings is 3. The fraction of sp³-hybridized carbons (Fsp3) is 0.174. The minimum atomic E-state index is -0.485. The van der Waals surface area contributed by atoms with Crippen molar-refractivity contribution in [2.75, 3.05) is 19.0 Å². The number of anilines is 1. The van der Waals surface area contributed by atoms with Crippen LogP contribution in [0.3, 0.4) is 0 Å². The minimum Gasteiger partial charge on any atom is -0.504 e. The van der Waals surface area contributed by atoms with Crippen LogP contribution in [0.15, 0.2) is 72.8 Å². The maximum atomic E-state index is 13.3. The summed E-state index contributed by atoms with van der Waals surface area (Å²) in [5.74, 6) is 0.366. The highest BCUT2D eigenvalue weighted by atomic mass is 16.5. The van der Waals surface area contributed by atoms with Gasteiger partial charge in [0.05, 0.1) is 12.7 Å². The van der Waals surface area contributed by atoms with Gasteiger partial charge < -0.3 is 20.1 Å². The lowest BCUT2D eigenvalue weighted by molar-refractivity contribution is 0.0683. The zero-order valence-electron chi connectivity index (χ0n) is 15.6. The van der Waals surface area contributed by atoms with Gasteiger partial charge in [0.25, 0.3) is 5.91 Å². The molecule has 28 heavy (non-hydrogen) atoms. The van der Waals surface area contributed by atoms with E-state index < -0.39 is 6.17 Å². The third-order valence-electron chi connectivity index (χ3n) is 5.05. The highest BCUT2D eigenvalue weighted by Crippen LogP contribution is 2.40. The van der Waals surface area contributed by atoms with Crippen LogP contribution in [0.25, 0.3) is 0 Å². The lowest BCUT2D eigenvalue weighted by Crippen LogP contribution is -2.44. The predicted octanol–water partition coefficient (Wildman–Crippen LogP) is 4.21. The molecule has 0 aromatic heterocycles. The SMILES string of the molecule is COc1cccc([C@H]2Nc3ccccc3C(=O)N2CCc2ccccc2)c1O. The third kappa shape index (κ3) is 3.27. The van der Waals surface area contributed by atoms with E-state index >= 15 is 0 Å². The van der Waals surface area contributed by atoms with Crippen LogP contribution < -0.4 is 10.1 Å². The largest absolute Gasteiger partial charge is 0.504 e. The summed E-state index contributed by atoms with van der Waals surface area (Å²) in [6, 6.07) is 22.8. The Labute approximate surface area is 164 Å². The molecule has 0 spiro atoms. The van der Waals surface area contributed by atoms with E-state index in [0.717, 1.165) is 17.7 Å². The summed E-state index contributed by atoms with van der Waals surface area (Å²) in [5.41, 5.74) is 3.16. The molecule has 1 atom stereocenters. The summed E-state index contributed by atoms with van der Waals surface area (Å²) in [6.45, 7) is 0.519. The van der Waals surface area contributed by atoms with Crippen LogP contribution in [0, 0.1) is 0 Å². The van der Waals surface area contributed by atoms with E-state index in [9.17, 15) is 9.90 Å². The van der Waals surface area contributed by atoms with Crippen molar-refractivity contribution in [3.63, 3.8) is 0 Å². The van der Waals surface area contributed by atoms with Gasteiger partial charge in [-0.3, -0.25) is 4.79 Å². The molecule has 0 saturated heterocycles. The number of amides is 1. The van der Waals surface area contributed by atoms with Crippen molar-refractivity contribution >= 4 is 11.6 Å². The van der Waals surface area contributed by atoms with Crippen molar-refractivity contribution in [2.45, 2.75) is 12.6 Å². The number of carbonyl (C=O) groups is 1. The number of carbonyl (C=O) groups excluding carboxylic acids is 1. The highest BCUT2D eigenvalue weighted by molar-refractivity contribution is 6.01. The molecule has 1 aliphatic rings. The number of methoxy groups -OCH3 is 1. The topological polar surface area (TPSA) is 61.8 Å². The summed E-state index contributed by atoms with van der Waals surface area (Å²) in [5, 5.41) is 14.1. The summed E-state index contributed by atoms with van der Waals surface area (Å²) < 4.78 is 5.26. The number of nitrogens with one attached hydrogen (secondary N) is 1. The second-order valence-electron chi connectivity index (χ2n) is 6.72. The van der Waals surface area contributed by atoms with Gasteiger partial charge in [0.1, 0.15) is 6.17 Å². The van der Waals surface area contributed by atoms with Crippen molar-refractivity contribution in [1.82, 2.24) is 4.90 Å². The molecule has 3 aromatic carbocycles. The van der Waals surface area contributed by atoms with E-state index in [1.807, 2.05) is 66.7 Å². The predicted molar refractivity (Wildman–Crippen MR) is 109 cm³/mol. The Morgan fingerprint density at radius 2 is 1.75 bits per heavy atom. The van der Waals surface area contributed by atoms with Gasteiger partial charge in [0.15, 0.2) is 11.5 Å². The molecule has 0 aliphatic carbocycles. The molecular formula is C23H22N2O3. The van der Waals surface area contributed by atoms with Gasteiger partial charge in [-0.2, -0.15) is 0 Å². The molecule has 142 valence electrons. The number of ether oxygens (including phenoxy) is 1. The number of nitrogens with zero attached hydrogens (tertiary/aromatic N) is 1. The van der Waals surface area contributed by atoms with Crippen molar-refractivity contribution in [3.8, 4) is 11.5 Å². The van der Waals surface area contributed by atoms with Gasteiger partial charge in [-0.1, -0.05) is 54.6 Å². The number of fused-ring (bicyclic) bond motifs is 1. The van der Waals surface area contributed by atoms with Crippen LogP contribution in [-0.2, 0) is 6.42 Å². The second-order valence-corrected chi connectivity index (χ2v) is 6.72. The Hall–Kier alpha value is -3.47. The van der Waals surface area contributed by atoms with Gasteiger partial charge in [0.2, 0.25) is 0 Å². The van der Waals surface area contributed by atoms with Crippen LogP contribution >= 0.6 is 0 Å². The van der Waals surface area contributed by atoms with Crippen molar-refractivity contribution < 1.29 is 14.6 Å². The summed E-state index contributed by atoms with van der Waals surface area (Å²) >= 11 is 0. The number of phenols is 1. The van der Waals surface area contributed by atoms with Crippen molar-refractivity contribution in [1.29, 1.82) is 0 Å². The number of aromatic hydroxyl groups is 1. The van der Waals surface area contributed by atoms with Crippen molar-refractivity contribution in [3.05, 3.63) is 89.5 Å². The van der Waals surface area contributed by atoms with E-state index in [4.69, 9.17) is 4.74 Å². The highest BCUT2D eigenvalue weighted by Gasteiger charge is 2.34. The van der Waals surface area contributed by atoms with Crippen LogP contribution in [-0.4, -0.2) is 29.6 Å². The minimum absolute atomic E-state index is 0.0411. The Kier molecular flexibility index (Phi) is 4.89. The Morgan fingerprint density at radius 1 is 1.00 bits per heavy atom. The lowest BCUT2D eigenvalue weighted by Gasteiger charge is -2.38. The molecule has 0 saturated carbocycles. The first kappa shape index (κ1) is 17.9. The molecule has 1 amide bonds. The Morgan fingerprint density at radius 3 is 2.54 bits per heavy atom. The van der Waals surface area contributed by atoms with Gasteiger partial charge in [-0.05, 0) is 30.2 Å². The molecule has 5 nitrogen and oxygen atoms in total. The number of rotatable bonds is 5. The summed E-state index contributed by atoms with van der Waals surface area (Å²) in [6.07, 6.45) is 0.235. The first-order valence-corrected chi connectivity index (χ1v) is 9.25. The first-order valence-electron chi connectivity index (χ1n) is 9.25. The van der Waals surface area contributed by atoms with E-state index in [2.05, 4.69) is 5.32 Å². The number of hydrogen-bond acceptors (Lipinski definition) is 4. The Balaban J connectivity index is 1.72. The number of phenolic OH excluding ortho intramolecular Hbond substituents is 1. The third-order valence-corrected chi connectivity index (χ3v) is 5.05. The average Bonchev–Trinajstić information content (AvgIpc) is 2.74. The molecule has 0 unspecified atom stereocenters. The monoisotopic (exact) mass is 374 g/mol. The molecular weight excluding hydrogens is 352 g/mol. The fourth-order valence-corrected chi connectivity index (χ4v) is 3.59. The van der Waals surface area contributed by atoms with Crippen LogP contribution in [0.5, 0.6) is 11.5 Å². The van der Waals surface area contributed by atoms with Crippen molar-refractivity contribution in [2.24, 2.45) is 0 Å². The zero-order valence-corrected chi connectivity index (χ0v) is 15.6. The van der Waals surface area contributed by atoms with Crippen LogP contribution in [0.1, 0.15) is 27.7 Å². The second kappa shape index (κ2) is 7.64. The number of hydrogen-bond donors (Lipinski definition) is 2. The van der Waals surface area contributed by atoms with Crippen LogP contribution in [0.2, 0.25) is 0 Å². The molecule has 1 aliphatic heterocycles. The quantitative estimate of drug-likeness (QED) is 0.702. The zero-order chi connectivity index (χ0) is 19.5. The van der Waals surface area contributed by atoms with E-state index in [-0.39, 0.29) is 11.7 Å². The Bertz CT molecular complexity index is 988. The molecule has 4 rings (SSSR count). The maximum absolute atomic E-state index is 13.3. The molecule has 5 heteroatoms. The smallest absolute Gasteiger partial charge is 0.257 e. The summed E-state index contributed by atoms with van der Waals surface area (Å²) in [4.78, 5) is 15.0. The van der Waals surface area contributed by atoms with Gasteiger partial charge >= 0.3 is 0 Å².